The Hall–Kier alpha value is -3.15. The molecular formula is C20H20N2O4. The third-order valence-corrected chi connectivity index (χ3v) is 4.41. The van der Waals surface area contributed by atoms with Gasteiger partial charge in [0.15, 0.2) is 5.78 Å². The van der Waals surface area contributed by atoms with E-state index >= 15 is 0 Å². The first-order chi connectivity index (χ1) is 12.5. The molecule has 2 aromatic rings. The maximum atomic E-state index is 12.3. The number of methoxy groups -OCH3 is 1. The third kappa shape index (κ3) is 3.59. The molecule has 1 aliphatic heterocycles. The van der Waals surface area contributed by atoms with E-state index in [1.54, 1.807) is 24.3 Å². The Morgan fingerprint density at radius 3 is 2.38 bits per heavy atom. The first-order valence-corrected chi connectivity index (χ1v) is 8.37. The van der Waals surface area contributed by atoms with Crippen LogP contribution >= 0.6 is 0 Å². The molecule has 2 N–H and O–H groups in total. The largest absolute Gasteiger partial charge is 0.496 e. The predicted octanol–water partition coefficient (Wildman–Crippen LogP) is 2.18. The molecule has 0 radical (unpaired) electrons. The van der Waals surface area contributed by atoms with E-state index in [0.29, 0.717) is 29.8 Å². The first-order valence-electron chi connectivity index (χ1n) is 8.37. The fourth-order valence-electron chi connectivity index (χ4n) is 2.95. The van der Waals surface area contributed by atoms with Gasteiger partial charge >= 0.3 is 0 Å². The minimum absolute atomic E-state index is 0.0745. The molecule has 134 valence electrons. The lowest BCUT2D eigenvalue weighted by Crippen LogP contribution is -2.40. The zero-order valence-corrected chi connectivity index (χ0v) is 14.7. The summed E-state index contributed by atoms with van der Waals surface area (Å²) in [7, 11) is 1.53. The smallest absolute Gasteiger partial charge is 0.251 e. The topological polar surface area (TPSA) is 84.5 Å². The van der Waals surface area contributed by atoms with Gasteiger partial charge in [-0.25, -0.2) is 0 Å². The molecule has 2 amide bonds. The summed E-state index contributed by atoms with van der Waals surface area (Å²) >= 11 is 0. The molecule has 1 unspecified atom stereocenters. The fourth-order valence-corrected chi connectivity index (χ4v) is 2.95. The van der Waals surface area contributed by atoms with Crippen LogP contribution in [0.5, 0.6) is 5.75 Å². The van der Waals surface area contributed by atoms with Gasteiger partial charge in [0.25, 0.3) is 5.91 Å². The van der Waals surface area contributed by atoms with Crippen molar-refractivity contribution in [2.75, 3.05) is 13.7 Å². The second kappa shape index (κ2) is 7.39. The zero-order chi connectivity index (χ0) is 18.7. The van der Waals surface area contributed by atoms with E-state index in [-0.39, 0.29) is 17.6 Å². The van der Waals surface area contributed by atoms with Crippen LogP contribution in [0.15, 0.2) is 42.5 Å². The molecule has 0 bridgehead atoms. The van der Waals surface area contributed by atoms with Crippen LogP contribution in [0, 0.1) is 0 Å². The van der Waals surface area contributed by atoms with Crippen molar-refractivity contribution < 1.29 is 19.1 Å². The Bertz CT molecular complexity index is 859. The average molecular weight is 352 g/mol. The van der Waals surface area contributed by atoms with E-state index in [4.69, 9.17) is 4.74 Å². The van der Waals surface area contributed by atoms with Crippen LogP contribution in [0.3, 0.4) is 0 Å². The average Bonchev–Trinajstić information content (AvgIpc) is 3.05. The number of Topliss-reactive ketones (excluding diaryl/α,β-unsaturated/α-hetero) is 1. The van der Waals surface area contributed by atoms with Gasteiger partial charge in [-0.05, 0) is 48.7 Å². The fraction of sp³-hybridized carbons (Fsp3) is 0.250. The number of nitrogens with one attached hydrogen (secondary N) is 2. The molecule has 2 aromatic carbocycles. The van der Waals surface area contributed by atoms with Crippen molar-refractivity contribution in [1.29, 1.82) is 0 Å². The van der Waals surface area contributed by atoms with Gasteiger partial charge in [0.05, 0.1) is 12.7 Å². The predicted molar refractivity (Wildman–Crippen MR) is 97.3 cm³/mol. The molecule has 1 fully saturated rings. The zero-order valence-electron chi connectivity index (χ0n) is 14.7. The number of hydrogen-bond acceptors (Lipinski definition) is 4. The van der Waals surface area contributed by atoms with Crippen molar-refractivity contribution in [3.05, 3.63) is 53.6 Å². The summed E-state index contributed by atoms with van der Waals surface area (Å²) in [5, 5.41) is 5.42. The summed E-state index contributed by atoms with van der Waals surface area (Å²) < 4.78 is 5.21. The summed E-state index contributed by atoms with van der Waals surface area (Å²) in [4.78, 5) is 35.6. The van der Waals surface area contributed by atoms with Crippen molar-refractivity contribution in [3.63, 3.8) is 0 Å². The number of carbonyl (C=O) groups excluding carboxylic acids is 3. The minimum Gasteiger partial charge on any atom is -0.496 e. The van der Waals surface area contributed by atoms with Crippen molar-refractivity contribution in [2.24, 2.45) is 0 Å². The number of hydrogen-bond donors (Lipinski definition) is 2. The summed E-state index contributed by atoms with van der Waals surface area (Å²) in [6, 6.07) is 12.0. The molecule has 1 atom stereocenters. The number of rotatable bonds is 5. The van der Waals surface area contributed by atoms with Crippen LogP contribution < -0.4 is 15.4 Å². The number of benzene rings is 2. The second-order valence-corrected chi connectivity index (χ2v) is 6.15. The lowest BCUT2D eigenvalue weighted by Gasteiger charge is -2.11. The maximum Gasteiger partial charge on any atom is 0.251 e. The van der Waals surface area contributed by atoms with Crippen LogP contribution in [-0.2, 0) is 4.79 Å². The van der Waals surface area contributed by atoms with Crippen LogP contribution in [0.4, 0.5) is 0 Å². The Labute approximate surface area is 151 Å². The maximum absolute atomic E-state index is 12.3. The van der Waals surface area contributed by atoms with Crippen molar-refractivity contribution in [2.45, 2.75) is 19.4 Å². The SMILES string of the molecule is COc1ccc(-c2ccc(C(=O)NC3CCNC3=O)cc2)cc1C(C)=O. The highest BCUT2D eigenvalue weighted by atomic mass is 16.5. The Balaban J connectivity index is 1.79. The number of carbonyl (C=O) groups is 3. The molecule has 0 saturated carbocycles. The molecule has 1 heterocycles. The molecule has 0 aliphatic carbocycles. The highest BCUT2D eigenvalue weighted by molar-refractivity contribution is 5.99. The summed E-state index contributed by atoms with van der Waals surface area (Å²) in [6.45, 7) is 2.08. The molecule has 1 saturated heterocycles. The van der Waals surface area contributed by atoms with E-state index in [0.717, 1.165) is 11.1 Å². The van der Waals surface area contributed by atoms with Gasteiger partial charge in [-0.1, -0.05) is 18.2 Å². The quantitative estimate of drug-likeness (QED) is 0.808. The standard InChI is InChI=1S/C20H20N2O4/c1-12(23)16-11-15(7-8-18(16)26-2)13-3-5-14(6-4-13)19(24)22-17-9-10-21-20(17)25/h3-8,11,17H,9-10H2,1-2H3,(H,21,25)(H,22,24). The van der Waals surface area contributed by atoms with Crippen LogP contribution in [-0.4, -0.2) is 37.3 Å². The van der Waals surface area contributed by atoms with Gasteiger partial charge in [0.1, 0.15) is 11.8 Å². The van der Waals surface area contributed by atoms with E-state index in [2.05, 4.69) is 10.6 Å². The number of amides is 2. The molecule has 0 aromatic heterocycles. The van der Waals surface area contributed by atoms with Gasteiger partial charge in [-0.15, -0.1) is 0 Å². The molecular weight excluding hydrogens is 332 g/mol. The van der Waals surface area contributed by atoms with Gasteiger partial charge in [-0.2, -0.15) is 0 Å². The number of ether oxygens (including phenoxy) is 1. The monoisotopic (exact) mass is 352 g/mol. The minimum atomic E-state index is -0.470. The van der Waals surface area contributed by atoms with E-state index in [1.165, 1.54) is 14.0 Å². The van der Waals surface area contributed by atoms with Gasteiger partial charge in [0, 0.05) is 12.1 Å². The van der Waals surface area contributed by atoms with Crippen LogP contribution in [0.1, 0.15) is 34.1 Å². The molecule has 6 nitrogen and oxygen atoms in total. The lowest BCUT2D eigenvalue weighted by molar-refractivity contribution is -0.120. The molecule has 3 rings (SSSR count). The molecule has 1 aliphatic rings. The van der Waals surface area contributed by atoms with Crippen molar-refractivity contribution >= 4 is 17.6 Å². The molecule has 0 spiro atoms. The van der Waals surface area contributed by atoms with Gasteiger partial charge in [-0.3, -0.25) is 14.4 Å². The Morgan fingerprint density at radius 2 is 1.81 bits per heavy atom. The van der Waals surface area contributed by atoms with E-state index in [9.17, 15) is 14.4 Å². The highest BCUT2D eigenvalue weighted by Gasteiger charge is 2.25. The second-order valence-electron chi connectivity index (χ2n) is 6.15. The van der Waals surface area contributed by atoms with Crippen LogP contribution in [0.25, 0.3) is 11.1 Å². The first kappa shape index (κ1) is 17.7. The van der Waals surface area contributed by atoms with E-state index in [1.807, 2.05) is 18.2 Å². The third-order valence-electron chi connectivity index (χ3n) is 4.41. The lowest BCUT2D eigenvalue weighted by atomic mass is 9.99. The van der Waals surface area contributed by atoms with Crippen LogP contribution in [0.2, 0.25) is 0 Å². The molecule has 26 heavy (non-hydrogen) atoms. The Morgan fingerprint density at radius 1 is 1.12 bits per heavy atom. The Kier molecular flexibility index (Phi) is 5.02. The number of ketones is 1. The molecule has 6 heteroatoms. The van der Waals surface area contributed by atoms with Crippen molar-refractivity contribution in [3.8, 4) is 16.9 Å². The summed E-state index contributed by atoms with van der Waals surface area (Å²) in [5.41, 5.74) is 2.73. The van der Waals surface area contributed by atoms with Gasteiger partial charge < -0.3 is 15.4 Å². The normalized spacial score (nSPS) is 16.1. The van der Waals surface area contributed by atoms with Gasteiger partial charge in [0.2, 0.25) is 5.91 Å². The highest BCUT2D eigenvalue weighted by Crippen LogP contribution is 2.27. The van der Waals surface area contributed by atoms with E-state index < -0.39 is 6.04 Å². The summed E-state index contributed by atoms with van der Waals surface area (Å²) in [5.74, 6) is 0.0318. The summed E-state index contributed by atoms with van der Waals surface area (Å²) in [6.07, 6.45) is 0.600. The van der Waals surface area contributed by atoms with Crippen molar-refractivity contribution in [1.82, 2.24) is 10.6 Å².